The largest absolute Gasteiger partial charge is 0.372 e. The fourth-order valence-electron chi connectivity index (χ4n) is 3.46. The van der Waals surface area contributed by atoms with Crippen LogP contribution in [0.3, 0.4) is 0 Å². The van der Waals surface area contributed by atoms with Crippen molar-refractivity contribution in [2.75, 3.05) is 39.4 Å². The summed E-state index contributed by atoms with van der Waals surface area (Å²) >= 11 is 0. The number of ether oxygens (including phenoxy) is 1. The molecule has 22 heavy (non-hydrogen) atoms. The maximum absolute atomic E-state index is 12.4. The normalized spacial score (nSPS) is 22.6. The number of rotatable bonds is 5. The second-order valence-electron chi connectivity index (χ2n) is 6.28. The Balaban J connectivity index is 1.69. The molecule has 6 heteroatoms. The summed E-state index contributed by atoms with van der Waals surface area (Å²) in [5.41, 5.74) is 0. The molecule has 1 aromatic rings. The summed E-state index contributed by atoms with van der Waals surface area (Å²) in [6.07, 6.45) is 6.47. The highest BCUT2D eigenvalue weighted by molar-refractivity contribution is 5.77. The quantitative estimate of drug-likeness (QED) is 0.813. The first-order chi connectivity index (χ1) is 10.8. The number of amides is 1. The Kier molecular flexibility index (Phi) is 5.10. The van der Waals surface area contributed by atoms with Gasteiger partial charge in [0.1, 0.15) is 12.4 Å². The summed E-state index contributed by atoms with van der Waals surface area (Å²) < 4.78 is 7.50. The second-order valence-corrected chi connectivity index (χ2v) is 6.28. The van der Waals surface area contributed by atoms with Crippen LogP contribution in [0, 0.1) is 5.92 Å². The molecule has 1 aromatic heterocycles. The molecule has 0 aromatic carbocycles. The number of hydrogen-bond donors (Lipinski definition) is 0. The van der Waals surface area contributed by atoms with Gasteiger partial charge < -0.3 is 19.1 Å². The van der Waals surface area contributed by atoms with Gasteiger partial charge in [0.15, 0.2) is 0 Å². The zero-order valence-electron chi connectivity index (χ0n) is 13.4. The van der Waals surface area contributed by atoms with Gasteiger partial charge in [-0.25, -0.2) is 4.98 Å². The van der Waals surface area contributed by atoms with Crippen molar-refractivity contribution in [2.24, 2.45) is 5.92 Å². The number of likely N-dealkylation sites (tertiary alicyclic amines) is 1. The zero-order chi connectivity index (χ0) is 15.4. The number of fused-ring (bicyclic) bond motifs is 1. The van der Waals surface area contributed by atoms with E-state index in [-0.39, 0.29) is 12.5 Å². The predicted octanol–water partition coefficient (Wildman–Crippen LogP) is 0.974. The number of imidazole rings is 1. The van der Waals surface area contributed by atoms with E-state index in [4.69, 9.17) is 4.74 Å². The Morgan fingerprint density at radius 2 is 2.18 bits per heavy atom. The molecule has 1 atom stereocenters. The van der Waals surface area contributed by atoms with Crippen LogP contribution in [0.5, 0.6) is 0 Å². The molecule has 3 heterocycles. The molecule has 6 nitrogen and oxygen atoms in total. The van der Waals surface area contributed by atoms with Crippen molar-refractivity contribution in [3.05, 3.63) is 18.2 Å². The Morgan fingerprint density at radius 1 is 1.36 bits per heavy atom. The van der Waals surface area contributed by atoms with Gasteiger partial charge in [0.2, 0.25) is 5.91 Å². The van der Waals surface area contributed by atoms with Crippen LogP contribution in [0.1, 0.15) is 25.6 Å². The maximum Gasteiger partial charge on any atom is 0.248 e. The third kappa shape index (κ3) is 3.67. The average molecular weight is 306 g/mol. The van der Waals surface area contributed by atoms with Crippen LogP contribution in [-0.2, 0) is 22.6 Å². The summed E-state index contributed by atoms with van der Waals surface area (Å²) in [6.45, 7) is 8.46. The van der Waals surface area contributed by atoms with Crippen molar-refractivity contribution in [3.63, 3.8) is 0 Å². The van der Waals surface area contributed by atoms with Gasteiger partial charge in [0.25, 0.3) is 0 Å². The molecule has 1 amide bonds. The third-order valence-corrected chi connectivity index (χ3v) is 4.56. The molecule has 0 spiro atoms. The molecular weight excluding hydrogens is 280 g/mol. The molecule has 0 bridgehead atoms. The van der Waals surface area contributed by atoms with Crippen molar-refractivity contribution in [3.8, 4) is 0 Å². The van der Waals surface area contributed by atoms with Crippen LogP contribution in [0.15, 0.2) is 12.4 Å². The average Bonchev–Trinajstić information content (AvgIpc) is 3.13. The first-order valence-corrected chi connectivity index (χ1v) is 8.34. The lowest BCUT2D eigenvalue weighted by Crippen LogP contribution is -2.40. The van der Waals surface area contributed by atoms with Crippen LogP contribution in [0.4, 0.5) is 0 Å². The van der Waals surface area contributed by atoms with Gasteiger partial charge in [-0.2, -0.15) is 0 Å². The predicted molar refractivity (Wildman–Crippen MR) is 83.3 cm³/mol. The van der Waals surface area contributed by atoms with Gasteiger partial charge in [-0.15, -0.1) is 0 Å². The van der Waals surface area contributed by atoms with Crippen molar-refractivity contribution in [1.82, 2.24) is 19.4 Å². The minimum Gasteiger partial charge on any atom is -0.372 e. The maximum atomic E-state index is 12.4. The standard InChI is InChI=1S/C16H26N4O2/c1-2-22-13-16(21)20-11-14(9-18-6-3-4-7-18)10-19-8-5-17-15(19)12-20/h5,8,14H,2-4,6-7,9-13H2,1H3. The highest BCUT2D eigenvalue weighted by Gasteiger charge is 2.27. The molecule has 2 aliphatic rings. The van der Waals surface area contributed by atoms with E-state index in [1.165, 1.54) is 25.9 Å². The Morgan fingerprint density at radius 3 is 2.95 bits per heavy atom. The van der Waals surface area contributed by atoms with E-state index in [9.17, 15) is 4.79 Å². The molecule has 1 saturated heterocycles. The molecule has 0 saturated carbocycles. The summed E-state index contributed by atoms with van der Waals surface area (Å²) in [7, 11) is 0. The monoisotopic (exact) mass is 306 g/mol. The Labute approximate surface area is 132 Å². The molecule has 2 aliphatic heterocycles. The van der Waals surface area contributed by atoms with Crippen molar-refractivity contribution >= 4 is 5.91 Å². The van der Waals surface area contributed by atoms with E-state index in [1.807, 2.05) is 24.2 Å². The lowest BCUT2D eigenvalue weighted by atomic mass is 10.1. The first-order valence-electron chi connectivity index (χ1n) is 8.34. The van der Waals surface area contributed by atoms with E-state index in [2.05, 4.69) is 14.5 Å². The van der Waals surface area contributed by atoms with Gasteiger partial charge in [-0.1, -0.05) is 0 Å². The minimum absolute atomic E-state index is 0.0738. The summed E-state index contributed by atoms with van der Waals surface area (Å²) in [5, 5.41) is 0. The molecule has 3 rings (SSSR count). The second kappa shape index (κ2) is 7.24. The van der Waals surface area contributed by atoms with Crippen LogP contribution in [-0.4, -0.2) is 64.7 Å². The van der Waals surface area contributed by atoms with E-state index in [0.29, 0.717) is 19.1 Å². The van der Waals surface area contributed by atoms with Gasteiger partial charge >= 0.3 is 0 Å². The highest BCUT2D eigenvalue weighted by atomic mass is 16.5. The van der Waals surface area contributed by atoms with Gasteiger partial charge in [0.05, 0.1) is 6.54 Å². The SMILES string of the molecule is CCOCC(=O)N1Cc2nccn2CC(CN2CCCC2)C1. The summed E-state index contributed by atoms with van der Waals surface area (Å²) in [6, 6.07) is 0. The van der Waals surface area contributed by atoms with Crippen molar-refractivity contribution < 1.29 is 9.53 Å². The van der Waals surface area contributed by atoms with Crippen LogP contribution in [0.25, 0.3) is 0 Å². The molecule has 0 aliphatic carbocycles. The van der Waals surface area contributed by atoms with Gasteiger partial charge in [0, 0.05) is 44.6 Å². The van der Waals surface area contributed by atoms with Crippen LogP contribution >= 0.6 is 0 Å². The zero-order valence-corrected chi connectivity index (χ0v) is 13.4. The first kappa shape index (κ1) is 15.5. The molecular formula is C16H26N4O2. The van der Waals surface area contributed by atoms with Crippen molar-refractivity contribution in [1.29, 1.82) is 0 Å². The fraction of sp³-hybridized carbons (Fsp3) is 0.750. The third-order valence-electron chi connectivity index (χ3n) is 4.56. The van der Waals surface area contributed by atoms with Gasteiger partial charge in [-0.05, 0) is 32.9 Å². The lowest BCUT2D eigenvalue weighted by molar-refractivity contribution is -0.137. The molecule has 0 N–H and O–H groups in total. The highest BCUT2D eigenvalue weighted by Crippen LogP contribution is 2.19. The van der Waals surface area contributed by atoms with Crippen LogP contribution < -0.4 is 0 Å². The molecule has 0 radical (unpaired) electrons. The number of carbonyl (C=O) groups is 1. The smallest absolute Gasteiger partial charge is 0.248 e. The van der Waals surface area contributed by atoms with Crippen molar-refractivity contribution in [2.45, 2.75) is 32.9 Å². The minimum atomic E-state index is 0.0738. The van der Waals surface area contributed by atoms with Crippen LogP contribution in [0.2, 0.25) is 0 Å². The molecule has 122 valence electrons. The van der Waals surface area contributed by atoms with E-state index >= 15 is 0 Å². The number of nitrogens with zero attached hydrogens (tertiary/aromatic N) is 4. The lowest BCUT2D eigenvalue weighted by Gasteiger charge is -2.27. The number of hydrogen-bond acceptors (Lipinski definition) is 4. The summed E-state index contributed by atoms with van der Waals surface area (Å²) in [4.78, 5) is 21.2. The molecule has 1 fully saturated rings. The number of aromatic nitrogens is 2. The topological polar surface area (TPSA) is 50.6 Å². The number of carbonyl (C=O) groups excluding carboxylic acids is 1. The Hall–Kier alpha value is -1.40. The Bertz CT molecular complexity index is 496. The fourth-order valence-corrected chi connectivity index (χ4v) is 3.46. The van der Waals surface area contributed by atoms with E-state index in [0.717, 1.165) is 25.5 Å². The van der Waals surface area contributed by atoms with Gasteiger partial charge in [-0.3, -0.25) is 4.79 Å². The summed E-state index contributed by atoms with van der Waals surface area (Å²) in [5.74, 6) is 1.51. The van der Waals surface area contributed by atoms with E-state index in [1.54, 1.807) is 0 Å². The van der Waals surface area contributed by atoms with E-state index < -0.39 is 0 Å². The molecule has 1 unspecified atom stereocenters.